The number of benzene rings is 1. The fourth-order valence-corrected chi connectivity index (χ4v) is 1.74. The van der Waals surface area contributed by atoms with E-state index in [1.165, 1.54) is 7.11 Å². The number of aryl methyl sites for hydroxylation is 1. The van der Waals surface area contributed by atoms with Crippen molar-refractivity contribution in [3.8, 4) is 0 Å². The third-order valence-corrected chi connectivity index (χ3v) is 2.18. The second-order valence-electron chi connectivity index (χ2n) is 2.68. The van der Waals surface area contributed by atoms with Crippen LogP contribution in [0.3, 0.4) is 0 Å². The summed E-state index contributed by atoms with van der Waals surface area (Å²) in [5.74, 6) is -0.400. The van der Waals surface area contributed by atoms with Crippen LogP contribution in [-0.4, -0.2) is 13.1 Å². The fraction of sp³-hybridized carbons (Fsp3) is 0.222. The molecule has 0 saturated carbocycles. The summed E-state index contributed by atoms with van der Waals surface area (Å²) in [6.45, 7) is 1.81. The van der Waals surface area contributed by atoms with Crippen molar-refractivity contribution in [1.82, 2.24) is 0 Å². The number of hydrogen-bond acceptors (Lipinski definition) is 3. The predicted octanol–water partition coefficient (Wildman–Crippen LogP) is 2.13. The average molecular weight is 244 g/mol. The van der Waals surface area contributed by atoms with Crippen LogP contribution in [0.5, 0.6) is 0 Å². The SMILES string of the molecule is COC(=O)c1c(C)cc(Br)cc1N. The molecule has 3 nitrogen and oxygen atoms in total. The number of nitrogen functional groups attached to an aromatic ring is 1. The Bertz CT molecular complexity index is 326. The van der Waals surface area contributed by atoms with Gasteiger partial charge in [0, 0.05) is 10.2 Å². The molecule has 13 heavy (non-hydrogen) atoms. The van der Waals surface area contributed by atoms with Crippen LogP contribution in [0.2, 0.25) is 0 Å². The molecule has 1 aromatic rings. The van der Waals surface area contributed by atoms with Crippen LogP contribution in [0, 0.1) is 6.92 Å². The zero-order chi connectivity index (χ0) is 10.0. The first kappa shape index (κ1) is 10.1. The van der Waals surface area contributed by atoms with Gasteiger partial charge in [-0.1, -0.05) is 15.9 Å². The van der Waals surface area contributed by atoms with Crippen molar-refractivity contribution < 1.29 is 9.53 Å². The zero-order valence-electron chi connectivity index (χ0n) is 7.43. The smallest absolute Gasteiger partial charge is 0.340 e. The van der Waals surface area contributed by atoms with Crippen molar-refractivity contribution in [2.75, 3.05) is 12.8 Å². The minimum atomic E-state index is -0.400. The number of ether oxygens (including phenoxy) is 1. The second kappa shape index (κ2) is 3.79. The molecule has 0 spiro atoms. The molecule has 0 bridgehead atoms. The van der Waals surface area contributed by atoms with E-state index in [4.69, 9.17) is 5.73 Å². The molecule has 1 aromatic carbocycles. The summed E-state index contributed by atoms with van der Waals surface area (Å²) in [5.41, 5.74) is 7.34. The summed E-state index contributed by atoms with van der Waals surface area (Å²) < 4.78 is 5.46. The molecule has 0 fully saturated rings. The van der Waals surface area contributed by atoms with E-state index < -0.39 is 5.97 Å². The van der Waals surface area contributed by atoms with E-state index in [-0.39, 0.29) is 0 Å². The summed E-state index contributed by atoms with van der Waals surface area (Å²) in [4.78, 5) is 11.2. The maximum atomic E-state index is 11.2. The molecule has 2 N–H and O–H groups in total. The van der Waals surface area contributed by atoms with Gasteiger partial charge in [-0.15, -0.1) is 0 Å². The van der Waals surface area contributed by atoms with Crippen LogP contribution in [0.15, 0.2) is 16.6 Å². The van der Waals surface area contributed by atoms with E-state index in [9.17, 15) is 4.79 Å². The highest BCUT2D eigenvalue weighted by atomic mass is 79.9. The van der Waals surface area contributed by atoms with Crippen LogP contribution >= 0.6 is 15.9 Å². The highest BCUT2D eigenvalue weighted by Crippen LogP contribution is 2.23. The largest absolute Gasteiger partial charge is 0.465 e. The Morgan fingerprint density at radius 2 is 2.15 bits per heavy atom. The highest BCUT2D eigenvalue weighted by molar-refractivity contribution is 9.10. The lowest BCUT2D eigenvalue weighted by atomic mass is 10.1. The molecule has 0 saturated heterocycles. The lowest BCUT2D eigenvalue weighted by molar-refractivity contribution is 0.0601. The van der Waals surface area contributed by atoms with E-state index in [1.807, 2.05) is 13.0 Å². The first-order chi connectivity index (χ1) is 6.06. The van der Waals surface area contributed by atoms with Crippen LogP contribution in [0.1, 0.15) is 15.9 Å². The fourth-order valence-electron chi connectivity index (χ4n) is 1.15. The first-order valence-electron chi connectivity index (χ1n) is 3.70. The average Bonchev–Trinajstić information content (AvgIpc) is 2.02. The van der Waals surface area contributed by atoms with Gasteiger partial charge < -0.3 is 10.5 Å². The molecule has 0 aromatic heterocycles. The molecular formula is C9H10BrNO2. The molecule has 0 atom stereocenters. The summed E-state index contributed by atoms with van der Waals surface area (Å²) in [7, 11) is 1.34. The van der Waals surface area contributed by atoms with Gasteiger partial charge in [0.25, 0.3) is 0 Å². The van der Waals surface area contributed by atoms with Crippen molar-refractivity contribution >= 4 is 27.6 Å². The summed E-state index contributed by atoms with van der Waals surface area (Å²) in [6, 6.07) is 3.50. The maximum Gasteiger partial charge on any atom is 0.340 e. The van der Waals surface area contributed by atoms with Crippen LogP contribution in [0.4, 0.5) is 5.69 Å². The Balaban J connectivity index is 3.28. The molecule has 4 heteroatoms. The Kier molecular flexibility index (Phi) is 2.93. The van der Waals surface area contributed by atoms with E-state index in [0.717, 1.165) is 10.0 Å². The number of esters is 1. The highest BCUT2D eigenvalue weighted by Gasteiger charge is 2.13. The molecular weight excluding hydrogens is 234 g/mol. The van der Waals surface area contributed by atoms with Gasteiger partial charge in [0.2, 0.25) is 0 Å². The number of carbonyl (C=O) groups is 1. The van der Waals surface area contributed by atoms with Gasteiger partial charge in [-0.05, 0) is 24.6 Å². The van der Waals surface area contributed by atoms with Crippen molar-refractivity contribution in [2.45, 2.75) is 6.92 Å². The Hall–Kier alpha value is -1.03. The summed E-state index contributed by atoms with van der Waals surface area (Å²) in [5, 5.41) is 0. The lowest BCUT2D eigenvalue weighted by Crippen LogP contribution is -2.07. The zero-order valence-corrected chi connectivity index (χ0v) is 9.01. The van der Waals surface area contributed by atoms with Gasteiger partial charge in [0.05, 0.1) is 12.7 Å². The first-order valence-corrected chi connectivity index (χ1v) is 4.49. The van der Waals surface area contributed by atoms with Gasteiger partial charge in [-0.2, -0.15) is 0 Å². The second-order valence-corrected chi connectivity index (χ2v) is 3.59. The third-order valence-electron chi connectivity index (χ3n) is 1.72. The number of carbonyl (C=O) groups excluding carboxylic acids is 1. The number of halogens is 1. The molecule has 0 unspecified atom stereocenters. The third kappa shape index (κ3) is 2.01. The quantitative estimate of drug-likeness (QED) is 0.608. The maximum absolute atomic E-state index is 11.2. The van der Waals surface area contributed by atoms with E-state index in [2.05, 4.69) is 20.7 Å². The molecule has 0 heterocycles. The molecule has 0 radical (unpaired) electrons. The normalized spacial score (nSPS) is 9.77. The molecule has 1 rings (SSSR count). The summed E-state index contributed by atoms with van der Waals surface area (Å²) in [6.07, 6.45) is 0. The molecule has 70 valence electrons. The Morgan fingerprint density at radius 1 is 1.54 bits per heavy atom. The summed E-state index contributed by atoms with van der Waals surface area (Å²) >= 11 is 3.29. The van der Waals surface area contributed by atoms with E-state index >= 15 is 0 Å². The monoisotopic (exact) mass is 243 g/mol. The number of hydrogen-bond donors (Lipinski definition) is 1. The van der Waals surface area contributed by atoms with Crippen LogP contribution < -0.4 is 5.73 Å². The van der Waals surface area contributed by atoms with Crippen molar-refractivity contribution in [3.05, 3.63) is 27.7 Å². The van der Waals surface area contributed by atoms with Crippen molar-refractivity contribution in [3.63, 3.8) is 0 Å². The molecule has 0 amide bonds. The van der Waals surface area contributed by atoms with Gasteiger partial charge in [0.1, 0.15) is 0 Å². The van der Waals surface area contributed by atoms with E-state index in [0.29, 0.717) is 11.3 Å². The molecule has 0 aliphatic carbocycles. The lowest BCUT2D eigenvalue weighted by Gasteiger charge is -2.07. The standard InChI is InChI=1S/C9H10BrNO2/c1-5-3-6(10)4-7(11)8(5)9(12)13-2/h3-4H,11H2,1-2H3. The topological polar surface area (TPSA) is 52.3 Å². The number of anilines is 1. The van der Waals surface area contributed by atoms with Gasteiger partial charge in [-0.25, -0.2) is 4.79 Å². The van der Waals surface area contributed by atoms with Crippen molar-refractivity contribution in [2.24, 2.45) is 0 Å². The van der Waals surface area contributed by atoms with Crippen molar-refractivity contribution in [1.29, 1.82) is 0 Å². The number of methoxy groups -OCH3 is 1. The number of rotatable bonds is 1. The van der Waals surface area contributed by atoms with Gasteiger partial charge in [-0.3, -0.25) is 0 Å². The predicted molar refractivity (Wildman–Crippen MR) is 54.6 cm³/mol. The minimum Gasteiger partial charge on any atom is -0.465 e. The Morgan fingerprint density at radius 3 is 2.62 bits per heavy atom. The van der Waals surface area contributed by atoms with Gasteiger partial charge >= 0.3 is 5.97 Å². The molecule has 0 aliphatic heterocycles. The van der Waals surface area contributed by atoms with Gasteiger partial charge in [0.15, 0.2) is 0 Å². The molecule has 0 aliphatic rings. The van der Waals surface area contributed by atoms with E-state index in [1.54, 1.807) is 6.07 Å². The number of nitrogens with two attached hydrogens (primary N) is 1. The minimum absolute atomic E-state index is 0.400. The van der Waals surface area contributed by atoms with Crippen LogP contribution in [-0.2, 0) is 4.74 Å². The Labute approximate surface area is 85.0 Å². The van der Waals surface area contributed by atoms with Crippen LogP contribution in [0.25, 0.3) is 0 Å².